The molecule has 3 fully saturated rings. The zero-order valence-electron chi connectivity index (χ0n) is 17.9. The lowest BCUT2D eigenvalue weighted by Gasteiger charge is -2.44. The van der Waals surface area contributed by atoms with E-state index in [1.165, 1.54) is 23.3 Å². The second-order valence-corrected chi connectivity index (χ2v) is 9.25. The Morgan fingerprint density at radius 2 is 1.78 bits per heavy atom. The number of likely N-dealkylation sites (tertiary alicyclic amines) is 1. The fourth-order valence-electron chi connectivity index (χ4n) is 5.64. The van der Waals surface area contributed by atoms with E-state index in [2.05, 4.69) is 31.9 Å². The van der Waals surface area contributed by atoms with Crippen molar-refractivity contribution in [2.75, 3.05) is 36.0 Å². The van der Waals surface area contributed by atoms with Gasteiger partial charge in [-0.2, -0.15) is 0 Å². The number of anilines is 2. The second kappa shape index (κ2) is 7.73. The van der Waals surface area contributed by atoms with Gasteiger partial charge in [0.05, 0.1) is 11.7 Å². The molecule has 32 heavy (non-hydrogen) atoms. The van der Waals surface area contributed by atoms with Crippen LogP contribution in [0.25, 0.3) is 10.9 Å². The highest BCUT2D eigenvalue weighted by atomic mass is 19.1. The highest BCUT2D eigenvalue weighted by molar-refractivity contribution is 5.92. The van der Waals surface area contributed by atoms with Gasteiger partial charge in [-0.05, 0) is 49.2 Å². The highest BCUT2D eigenvalue weighted by Gasteiger charge is 2.42. The number of carbonyl (C=O) groups is 1. The first kappa shape index (κ1) is 19.5. The maximum Gasteiger partial charge on any atom is 0.223 e. The second-order valence-electron chi connectivity index (χ2n) is 9.25. The minimum atomic E-state index is -0.316. The average molecular weight is 432 g/mol. The van der Waals surface area contributed by atoms with Crippen molar-refractivity contribution in [2.24, 2.45) is 5.92 Å². The molecule has 1 aromatic carbocycles. The highest BCUT2D eigenvalue weighted by Crippen LogP contribution is 2.36. The molecule has 2 aromatic heterocycles. The Balaban J connectivity index is 1.07. The summed E-state index contributed by atoms with van der Waals surface area (Å²) in [6.45, 7) is 3.29. The number of fused-ring (bicyclic) bond motifs is 3. The fraction of sp³-hybridized carbons (Fsp3) is 0.400. The molecular weight excluding hydrogens is 405 g/mol. The number of carbonyl (C=O) groups excluding carboxylic acids is 1. The topological polar surface area (TPSA) is 52.6 Å². The number of pyridine rings is 2. The quantitative estimate of drug-likeness (QED) is 0.633. The van der Waals surface area contributed by atoms with Gasteiger partial charge in [-0.25, -0.2) is 9.37 Å². The summed E-state index contributed by atoms with van der Waals surface area (Å²) in [7, 11) is 0. The summed E-state index contributed by atoms with van der Waals surface area (Å²) >= 11 is 0. The minimum Gasteiger partial charge on any atom is -0.370 e. The maximum absolute atomic E-state index is 13.3. The molecule has 2 bridgehead atoms. The molecule has 164 valence electrons. The summed E-state index contributed by atoms with van der Waals surface area (Å²) in [5, 5.41) is 1.17. The first-order valence-corrected chi connectivity index (χ1v) is 11.4. The van der Waals surface area contributed by atoms with Crippen LogP contribution in [0.1, 0.15) is 19.3 Å². The zero-order valence-corrected chi connectivity index (χ0v) is 17.9. The minimum absolute atomic E-state index is 0.262. The molecule has 0 spiro atoms. The zero-order chi connectivity index (χ0) is 21.7. The molecule has 6 rings (SSSR count). The van der Waals surface area contributed by atoms with E-state index in [-0.39, 0.29) is 23.8 Å². The molecule has 0 N–H and O–H groups in total. The molecule has 0 saturated carbocycles. The van der Waals surface area contributed by atoms with Crippen LogP contribution in [-0.4, -0.2) is 59.0 Å². The van der Waals surface area contributed by atoms with Gasteiger partial charge in [0, 0.05) is 67.9 Å². The van der Waals surface area contributed by atoms with Crippen molar-refractivity contribution in [2.45, 2.75) is 31.3 Å². The molecule has 2 unspecified atom stereocenters. The van der Waals surface area contributed by atoms with Crippen LogP contribution in [0.2, 0.25) is 0 Å². The number of hydrogen-bond acceptors (Lipinski definition) is 5. The summed E-state index contributed by atoms with van der Waals surface area (Å²) in [4.78, 5) is 28.5. The van der Waals surface area contributed by atoms with Crippen LogP contribution in [0.3, 0.4) is 0 Å². The lowest BCUT2D eigenvalue weighted by molar-refractivity contribution is -0.133. The van der Waals surface area contributed by atoms with Gasteiger partial charge in [-0.3, -0.25) is 9.78 Å². The van der Waals surface area contributed by atoms with Crippen molar-refractivity contribution in [1.82, 2.24) is 14.9 Å². The van der Waals surface area contributed by atoms with Crippen molar-refractivity contribution in [3.05, 3.63) is 60.7 Å². The van der Waals surface area contributed by atoms with Gasteiger partial charge >= 0.3 is 0 Å². The lowest BCUT2D eigenvalue weighted by Crippen LogP contribution is -2.57. The van der Waals surface area contributed by atoms with Gasteiger partial charge in [-0.1, -0.05) is 6.07 Å². The van der Waals surface area contributed by atoms with Gasteiger partial charge in [-0.15, -0.1) is 0 Å². The Hall–Kier alpha value is -3.22. The van der Waals surface area contributed by atoms with Crippen molar-refractivity contribution >= 4 is 28.3 Å². The van der Waals surface area contributed by atoms with E-state index in [9.17, 15) is 9.18 Å². The molecule has 2 atom stereocenters. The number of benzene rings is 1. The number of hydrogen-bond donors (Lipinski definition) is 0. The fourth-order valence-corrected chi connectivity index (χ4v) is 5.64. The molecule has 7 heteroatoms. The molecule has 5 heterocycles. The molecular formula is C25H26FN5O. The summed E-state index contributed by atoms with van der Waals surface area (Å²) in [6.07, 6.45) is 5.82. The standard InChI is InChI=1S/C25H26FN5O/c26-18-6-9-24(28-12-18)31-19-7-8-20(31)16-30(15-19)25(32)11-17-13-29(14-17)23-5-1-4-22-21(23)3-2-10-27-22/h1-6,9-10,12,17,19-20H,7-8,11,13-16H2. The third-order valence-electron chi connectivity index (χ3n) is 7.20. The number of amides is 1. The normalized spacial score (nSPS) is 23.0. The Labute approximate surface area is 186 Å². The summed E-state index contributed by atoms with van der Waals surface area (Å²) in [5.41, 5.74) is 2.21. The predicted octanol–water partition coefficient (Wildman–Crippen LogP) is 3.48. The van der Waals surface area contributed by atoms with E-state index in [0.29, 0.717) is 12.3 Å². The molecule has 3 aliphatic rings. The van der Waals surface area contributed by atoms with Gasteiger partial charge in [0.2, 0.25) is 5.91 Å². The number of halogens is 1. The van der Waals surface area contributed by atoms with Gasteiger partial charge < -0.3 is 14.7 Å². The van der Waals surface area contributed by atoms with Gasteiger partial charge in [0.1, 0.15) is 11.6 Å². The molecule has 1 amide bonds. The largest absolute Gasteiger partial charge is 0.370 e. The summed E-state index contributed by atoms with van der Waals surface area (Å²) in [6, 6.07) is 14.1. The molecule has 3 aromatic rings. The number of rotatable bonds is 4. The number of aromatic nitrogens is 2. The van der Waals surface area contributed by atoms with Crippen LogP contribution in [0.5, 0.6) is 0 Å². The van der Waals surface area contributed by atoms with E-state index in [1.807, 2.05) is 29.3 Å². The lowest BCUT2D eigenvalue weighted by atomic mass is 9.93. The summed E-state index contributed by atoms with van der Waals surface area (Å²) < 4.78 is 13.3. The molecule has 0 aliphatic carbocycles. The Morgan fingerprint density at radius 1 is 0.969 bits per heavy atom. The van der Waals surface area contributed by atoms with Crippen LogP contribution in [0, 0.1) is 11.7 Å². The van der Waals surface area contributed by atoms with Crippen LogP contribution < -0.4 is 9.80 Å². The van der Waals surface area contributed by atoms with E-state index >= 15 is 0 Å². The van der Waals surface area contributed by atoms with Crippen molar-refractivity contribution in [3.8, 4) is 0 Å². The van der Waals surface area contributed by atoms with Gasteiger partial charge in [0.15, 0.2) is 0 Å². The molecule has 3 saturated heterocycles. The van der Waals surface area contributed by atoms with Crippen LogP contribution >= 0.6 is 0 Å². The molecule has 3 aliphatic heterocycles. The van der Waals surface area contributed by atoms with Crippen molar-refractivity contribution < 1.29 is 9.18 Å². The first-order chi connectivity index (χ1) is 15.7. The van der Waals surface area contributed by atoms with Crippen LogP contribution in [0.15, 0.2) is 54.9 Å². The first-order valence-electron chi connectivity index (χ1n) is 11.4. The Bertz CT molecular complexity index is 1130. The number of piperazine rings is 1. The number of nitrogens with zero attached hydrogens (tertiary/aromatic N) is 5. The molecule has 0 radical (unpaired) electrons. The molecule has 6 nitrogen and oxygen atoms in total. The maximum atomic E-state index is 13.3. The van der Waals surface area contributed by atoms with E-state index in [1.54, 1.807) is 6.07 Å². The Morgan fingerprint density at radius 3 is 2.53 bits per heavy atom. The average Bonchev–Trinajstić information content (AvgIpc) is 3.05. The van der Waals surface area contributed by atoms with E-state index in [0.717, 1.165) is 50.4 Å². The van der Waals surface area contributed by atoms with Crippen LogP contribution in [0.4, 0.5) is 15.9 Å². The van der Waals surface area contributed by atoms with Crippen molar-refractivity contribution in [1.29, 1.82) is 0 Å². The van der Waals surface area contributed by atoms with E-state index < -0.39 is 0 Å². The Kier molecular flexibility index (Phi) is 4.70. The SMILES string of the molecule is O=C(CC1CN(c2cccc3ncccc23)C1)N1CC2CCC(C1)N2c1ccc(F)cn1. The smallest absolute Gasteiger partial charge is 0.223 e. The third kappa shape index (κ3) is 3.36. The predicted molar refractivity (Wildman–Crippen MR) is 122 cm³/mol. The summed E-state index contributed by atoms with van der Waals surface area (Å²) in [5.74, 6) is 1.16. The van der Waals surface area contributed by atoms with E-state index in [4.69, 9.17) is 0 Å². The van der Waals surface area contributed by atoms with Gasteiger partial charge in [0.25, 0.3) is 0 Å². The van der Waals surface area contributed by atoms with Crippen molar-refractivity contribution in [3.63, 3.8) is 0 Å². The third-order valence-corrected chi connectivity index (χ3v) is 7.20. The monoisotopic (exact) mass is 431 g/mol. The van der Waals surface area contributed by atoms with Crippen LogP contribution in [-0.2, 0) is 4.79 Å².